The molecular weight excluding hydrogens is 628 g/mol. The zero-order valence-electron chi connectivity index (χ0n) is 19.4. The standard InChI is InChI=1S/C25H22Br2N4O3S2/c1-3-30(4-2)36(33,34)21-12-7-18(8-13-21)24(32)31(28-16-17-5-9-19(26)10-6-17)25-29-22-14-11-20(27)15-23(22)35-25/h5-16H,3-4H2,1-2H3/b28-16+. The van der Waals surface area contributed by atoms with E-state index in [4.69, 9.17) is 0 Å². The summed E-state index contributed by atoms with van der Waals surface area (Å²) >= 11 is 8.22. The van der Waals surface area contributed by atoms with Crippen LogP contribution in [0.25, 0.3) is 10.2 Å². The minimum Gasteiger partial charge on any atom is -0.267 e. The van der Waals surface area contributed by atoms with E-state index < -0.39 is 15.9 Å². The summed E-state index contributed by atoms with van der Waals surface area (Å²) in [6.45, 7) is 4.31. The molecular formula is C25H22Br2N4O3S2. The molecule has 4 rings (SSSR count). The number of fused-ring (bicyclic) bond motifs is 1. The van der Waals surface area contributed by atoms with Crippen molar-refractivity contribution >= 4 is 80.7 Å². The number of rotatable bonds is 8. The van der Waals surface area contributed by atoms with Crippen LogP contribution in [-0.2, 0) is 10.0 Å². The molecule has 0 aliphatic carbocycles. The van der Waals surface area contributed by atoms with E-state index in [0.29, 0.717) is 23.8 Å². The molecule has 0 radical (unpaired) electrons. The number of carbonyl (C=O) groups excluding carboxylic acids is 1. The molecule has 7 nitrogen and oxygen atoms in total. The van der Waals surface area contributed by atoms with Gasteiger partial charge in [-0.1, -0.05) is 69.2 Å². The van der Waals surface area contributed by atoms with Crippen LogP contribution in [0.5, 0.6) is 0 Å². The summed E-state index contributed by atoms with van der Waals surface area (Å²) in [5, 5.41) is 6.12. The highest BCUT2D eigenvalue weighted by molar-refractivity contribution is 9.10. The molecule has 4 aromatic rings. The molecule has 186 valence electrons. The molecule has 0 unspecified atom stereocenters. The summed E-state index contributed by atoms with van der Waals surface area (Å²) in [5.41, 5.74) is 1.85. The van der Waals surface area contributed by atoms with Crippen LogP contribution >= 0.6 is 43.2 Å². The van der Waals surface area contributed by atoms with Crippen molar-refractivity contribution in [2.75, 3.05) is 18.1 Å². The van der Waals surface area contributed by atoms with Gasteiger partial charge < -0.3 is 0 Å². The zero-order chi connectivity index (χ0) is 25.9. The molecule has 1 amide bonds. The van der Waals surface area contributed by atoms with Crippen LogP contribution in [0.4, 0.5) is 5.13 Å². The third-order valence-corrected chi connectivity index (χ3v) is 9.43. The number of benzene rings is 3. The Morgan fingerprint density at radius 1 is 0.972 bits per heavy atom. The number of halogens is 2. The first-order valence-electron chi connectivity index (χ1n) is 11.0. The van der Waals surface area contributed by atoms with Crippen molar-refractivity contribution < 1.29 is 13.2 Å². The van der Waals surface area contributed by atoms with Crippen molar-refractivity contribution in [2.24, 2.45) is 5.10 Å². The summed E-state index contributed by atoms with van der Waals surface area (Å²) in [4.78, 5) is 18.3. The average Bonchev–Trinajstić information content (AvgIpc) is 3.28. The molecule has 0 atom stereocenters. The van der Waals surface area contributed by atoms with E-state index in [1.807, 2.05) is 42.5 Å². The number of nitrogens with zero attached hydrogens (tertiary/aromatic N) is 4. The number of thiazole rings is 1. The van der Waals surface area contributed by atoms with Gasteiger partial charge in [0.1, 0.15) is 0 Å². The van der Waals surface area contributed by atoms with Gasteiger partial charge in [-0.25, -0.2) is 13.4 Å². The molecule has 3 aromatic carbocycles. The third kappa shape index (κ3) is 5.76. The summed E-state index contributed by atoms with van der Waals surface area (Å²) in [7, 11) is -3.63. The van der Waals surface area contributed by atoms with Crippen molar-refractivity contribution in [3.05, 3.63) is 86.8 Å². The van der Waals surface area contributed by atoms with E-state index in [-0.39, 0.29) is 4.90 Å². The van der Waals surface area contributed by atoms with Gasteiger partial charge in [0.25, 0.3) is 5.91 Å². The van der Waals surface area contributed by atoms with Gasteiger partial charge in [0.2, 0.25) is 15.2 Å². The quantitative estimate of drug-likeness (QED) is 0.160. The van der Waals surface area contributed by atoms with Gasteiger partial charge in [-0.05, 0) is 60.2 Å². The molecule has 0 bridgehead atoms. The lowest BCUT2D eigenvalue weighted by Crippen LogP contribution is -2.30. The number of sulfonamides is 1. The van der Waals surface area contributed by atoms with E-state index >= 15 is 0 Å². The summed E-state index contributed by atoms with van der Waals surface area (Å²) < 4.78 is 29.8. The minimum atomic E-state index is -3.63. The minimum absolute atomic E-state index is 0.137. The highest BCUT2D eigenvalue weighted by Gasteiger charge is 2.24. The fourth-order valence-electron chi connectivity index (χ4n) is 3.44. The van der Waals surface area contributed by atoms with E-state index in [1.165, 1.54) is 44.9 Å². The van der Waals surface area contributed by atoms with Crippen LogP contribution in [0, 0.1) is 0 Å². The Balaban J connectivity index is 1.71. The average molecular weight is 650 g/mol. The number of carbonyl (C=O) groups is 1. The second kappa shape index (κ2) is 11.3. The first kappa shape index (κ1) is 26.6. The number of hydrogen-bond acceptors (Lipinski definition) is 6. The Morgan fingerprint density at radius 3 is 2.25 bits per heavy atom. The van der Waals surface area contributed by atoms with Gasteiger partial charge >= 0.3 is 0 Å². The maximum Gasteiger partial charge on any atom is 0.280 e. The van der Waals surface area contributed by atoms with Gasteiger partial charge in [-0.3, -0.25) is 4.79 Å². The Morgan fingerprint density at radius 2 is 1.61 bits per heavy atom. The Kier molecular flexibility index (Phi) is 8.36. The van der Waals surface area contributed by atoms with Gasteiger partial charge in [0.05, 0.1) is 21.3 Å². The molecule has 0 fully saturated rings. The molecule has 11 heteroatoms. The largest absolute Gasteiger partial charge is 0.280 e. The SMILES string of the molecule is CCN(CC)S(=O)(=O)c1ccc(C(=O)N(/N=C/c2ccc(Br)cc2)c2nc3ccc(Br)cc3s2)cc1. The third-order valence-electron chi connectivity index (χ3n) is 5.35. The van der Waals surface area contributed by atoms with Crippen molar-refractivity contribution in [3.63, 3.8) is 0 Å². The number of hydrogen-bond donors (Lipinski definition) is 0. The molecule has 0 aliphatic rings. The number of hydrazone groups is 1. The first-order chi connectivity index (χ1) is 17.2. The van der Waals surface area contributed by atoms with Crippen molar-refractivity contribution in [1.29, 1.82) is 0 Å². The Bertz CT molecular complexity index is 1520. The normalized spacial score (nSPS) is 12.0. The molecule has 0 aliphatic heterocycles. The van der Waals surface area contributed by atoms with Gasteiger partial charge in [0.15, 0.2) is 0 Å². The summed E-state index contributed by atoms with van der Waals surface area (Å²) in [6.07, 6.45) is 1.59. The number of anilines is 1. The van der Waals surface area contributed by atoms with Gasteiger partial charge in [-0.15, -0.1) is 0 Å². The first-order valence-corrected chi connectivity index (χ1v) is 14.9. The van der Waals surface area contributed by atoms with Crippen LogP contribution in [-0.4, -0.2) is 42.9 Å². The van der Waals surface area contributed by atoms with Crippen LogP contribution < -0.4 is 5.01 Å². The fourth-order valence-corrected chi connectivity index (χ4v) is 6.64. The Hall–Kier alpha value is -2.44. The van der Waals surface area contributed by atoms with Gasteiger partial charge in [-0.2, -0.15) is 14.4 Å². The molecule has 0 saturated heterocycles. The highest BCUT2D eigenvalue weighted by atomic mass is 79.9. The number of amides is 1. The van der Waals surface area contributed by atoms with Crippen molar-refractivity contribution in [3.8, 4) is 0 Å². The molecule has 1 aromatic heterocycles. The van der Waals surface area contributed by atoms with Crippen LogP contribution in [0.15, 0.2) is 85.7 Å². The molecule has 0 spiro atoms. The maximum absolute atomic E-state index is 13.6. The predicted molar refractivity (Wildman–Crippen MR) is 152 cm³/mol. The monoisotopic (exact) mass is 648 g/mol. The lowest BCUT2D eigenvalue weighted by Gasteiger charge is -2.19. The predicted octanol–water partition coefficient (Wildman–Crippen LogP) is 6.53. The van der Waals surface area contributed by atoms with E-state index in [2.05, 4.69) is 41.9 Å². The fraction of sp³-hybridized carbons (Fsp3) is 0.160. The molecule has 36 heavy (non-hydrogen) atoms. The van der Waals surface area contributed by atoms with E-state index in [0.717, 1.165) is 24.7 Å². The lowest BCUT2D eigenvalue weighted by atomic mass is 10.2. The van der Waals surface area contributed by atoms with Crippen LogP contribution in [0.2, 0.25) is 0 Å². The maximum atomic E-state index is 13.6. The van der Waals surface area contributed by atoms with Crippen LogP contribution in [0.3, 0.4) is 0 Å². The Labute approximate surface area is 230 Å². The number of aromatic nitrogens is 1. The molecule has 1 heterocycles. The molecule has 0 saturated carbocycles. The van der Waals surface area contributed by atoms with Gasteiger partial charge in [0, 0.05) is 27.6 Å². The molecule has 0 N–H and O–H groups in total. The smallest absolute Gasteiger partial charge is 0.267 e. The zero-order valence-corrected chi connectivity index (χ0v) is 24.2. The van der Waals surface area contributed by atoms with Crippen molar-refractivity contribution in [1.82, 2.24) is 9.29 Å². The lowest BCUT2D eigenvalue weighted by molar-refractivity contribution is 0.0987. The summed E-state index contributed by atoms with van der Waals surface area (Å²) in [5.74, 6) is -0.423. The van der Waals surface area contributed by atoms with Crippen molar-refractivity contribution in [2.45, 2.75) is 18.7 Å². The van der Waals surface area contributed by atoms with E-state index in [1.54, 1.807) is 20.1 Å². The second-order valence-corrected chi connectivity index (χ2v) is 12.4. The second-order valence-electron chi connectivity index (χ2n) is 7.64. The topological polar surface area (TPSA) is 82.9 Å². The summed E-state index contributed by atoms with van der Waals surface area (Å²) in [6, 6.07) is 19.1. The highest BCUT2D eigenvalue weighted by Crippen LogP contribution is 2.32. The van der Waals surface area contributed by atoms with Crippen LogP contribution in [0.1, 0.15) is 29.8 Å². The van der Waals surface area contributed by atoms with E-state index in [9.17, 15) is 13.2 Å².